The predicted octanol–water partition coefficient (Wildman–Crippen LogP) is 3.22. The molecule has 110 valence electrons. The number of benzene rings is 2. The molecule has 0 aliphatic rings. The lowest BCUT2D eigenvalue weighted by molar-refractivity contribution is 0.103. The number of hydrogen-bond donors (Lipinski definition) is 1. The summed E-state index contributed by atoms with van der Waals surface area (Å²) >= 11 is 0. The zero-order valence-electron chi connectivity index (χ0n) is 12.5. The van der Waals surface area contributed by atoms with Crippen molar-refractivity contribution >= 4 is 11.5 Å². The molecule has 2 N–H and O–H groups in total. The maximum absolute atomic E-state index is 12.5. The number of anilines is 1. The Balaban J connectivity index is 2.31. The van der Waals surface area contributed by atoms with Crippen molar-refractivity contribution < 1.29 is 14.3 Å². The first kappa shape index (κ1) is 14.9. The molecule has 21 heavy (non-hydrogen) atoms. The van der Waals surface area contributed by atoms with Crippen LogP contribution in [0.15, 0.2) is 36.4 Å². The van der Waals surface area contributed by atoms with E-state index in [0.29, 0.717) is 29.2 Å². The van der Waals surface area contributed by atoms with Gasteiger partial charge < -0.3 is 15.2 Å². The molecule has 0 heterocycles. The van der Waals surface area contributed by atoms with Gasteiger partial charge >= 0.3 is 0 Å². The number of carbonyl (C=O) groups excluding carboxylic acids is 1. The number of ketones is 1. The molecule has 2 aromatic carbocycles. The molecule has 0 saturated carbocycles. The molecule has 0 fully saturated rings. The number of methoxy groups -OCH3 is 1. The number of hydrogen-bond acceptors (Lipinski definition) is 4. The highest BCUT2D eigenvalue weighted by atomic mass is 16.5. The number of nitrogens with two attached hydrogens (primary N) is 1. The van der Waals surface area contributed by atoms with Gasteiger partial charge in [-0.05, 0) is 55.8 Å². The minimum atomic E-state index is -0.0736. The van der Waals surface area contributed by atoms with E-state index in [2.05, 4.69) is 0 Å². The Morgan fingerprint density at radius 2 is 1.71 bits per heavy atom. The average molecular weight is 285 g/mol. The van der Waals surface area contributed by atoms with Gasteiger partial charge in [0.05, 0.1) is 19.4 Å². The molecule has 0 radical (unpaired) electrons. The summed E-state index contributed by atoms with van der Waals surface area (Å²) in [6, 6.07) is 10.5. The van der Waals surface area contributed by atoms with Crippen LogP contribution in [-0.2, 0) is 0 Å². The zero-order chi connectivity index (χ0) is 15.4. The lowest BCUT2D eigenvalue weighted by atomic mass is 10.0. The minimum absolute atomic E-state index is 0.0736. The second-order valence-electron chi connectivity index (χ2n) is 4.70. The SMILES string of the molecule is CCOc1ccc(C(=O)c2ccc(OC)c(C)c2)cc1N. The van der Waals surface area contributed by atoms with Crippen LogP contribution < -0.4 is 15.2 Å². The van der Waals surface area contributed by atoms with Crippen molar-refractivity contribution in [2.45, 2.75) is 13.8 Å². The Morgan fingerprint density at radius 1 is 1.10 bits per heavy atom. The summed E-state index contributed by atoms with van der Waals surface area (Å²) in [5.74, 6) is 1.29. The topological polar surface area (TPSA) is 61.5 Å². The van der Waals surface area contributed by atoms with E-state index in [-0.39, 0.29) is 5.78 Å². The number of nitrogen functional groups attached to an aromatic ring is 1. The van der Waals surface area contributed by atoms with Crippen molar-refractivity contribution in [3.63, 3.8) is 0 Å². The van der Waals surface area contributed by atoms with Gasteiger partial charge in [-0.15, -0.1) is 0 Å². The van der Waals surface area contributed by atoms with Crippen molar-refractivity contribution in [1.29, 1.82) is 0 Å². The van der Waals surface area contributed by atoms with Crippen LogP contribution in [0.1, 0.15) is 28.4 Å². The van der Waals surface area contributed by atoms with Gasteiger partial charge in [0.1, 0.15) is 11.5 Å². The Bertz CT molecular complexity index is 665. The van der Waals surface area contributed by atoms with Gasteiger partial charge in [-0.2, -0.15) is 0 Å². The standard InChI is InChI=1S/C17H19NO3/c1-4-21-16-8-6-13(10-14(16)18)17(19)12-5-7-15(20-3)11(2)9-12/h5-10H,4,18H2,1-3H3. The number of ether oxygens (including phenoxy) is 2. The molecule has 2 rings (SSSR count). The van der Waals surface area contributed by atoms with E-state index >= 15 is 0 Å². The molecule has 0 bridgehead atoms. The molecule has 2 aromatic rings. The molecule has 0 spiro atoms. The van der Waals surface area contributed by atoms with Crippen LogP contribution in [-0.4, -0.2) is 19.5 Å². The summed E-state index contributed by atoms with van der Waals surface area (Å²) in [5, 5.41) is 0. The summed E-state index contributed by atoms with van der Waals surface area (Å²) in [7, 11) is 1.61. The fourth-order valence-corrected chi connectivity index (χ4v) is 2.16. The summed E-state index contributed by atoms with van der Waals surface area (Å²) in [6.45, 7) is 4.33. The zero-order valence-corrected chi connectivity index (χ0v) is 12.5. The van der Waals surface area contributed by atoms with Crippen LogP contribution in [0.5, 0.6) is 11.5 Å². The minimum Gasteiger partial charge on any atom is -0.496 e. The van der Waals surface area contributed by atoms with Crippen molar-refractivity contribution in [3.8, 4) is 11.5 Å². The second kappa shape index (κ2) is 6.31. The van der Waals surface area contributed by atoms with Crippen LogP contribution >= 0.6 is 0 Å². The predicted molar refractivity (Wildman–Crippen MR) is 83.2 cm³/mol. The molecule has 0 saturated heterocycles. The van der Waals surface area contributed by atoms with E-state index < -0.39 is 0 Å². The maximum atomic E-state index is 12.5. The number of aryl methyl sites for hydroxylation is 1. The summed E-state index contributed by atoms with van der Waals surface area (Å²) < 4.78 is 10.6. The van der Waals surface area contributed by atoms with Gasteiger partial charge in [-0.3, -0.25) is 4.79 Å². The Hall–Kier alpha value is -2.49. The van der Waals surface area contributed by atoms with E-state index in [4.69, 9.17) is 15.2 Å². The van der Waals surface area contributed by atoms with E-state index in [1.807, 2.05) is 19.9 Å². The molecule has 0 atom stereocenters. The molecule has 4 nitrogen and oxygen atoms in total. The highest BCUT2D eigenvalue weighted by molar-refractivity contribution is 6.09. The summed E-state index contributed by atoms with van der Waals surface area (Å²) in [5.41, 5.74) is 8.44. The highest BCUT2D eigenvalue weighted by Gasteiger charge is 2.12. The van der Waals surface area contributed by atoms with Crippen molar-refractivity contribution in [2.24, 2.45) is 0 Å². The number of rotatable bonds is 5. The van der Waals surface area contributed by atoms with Gasteiger partial charge in [0.15, 0.2) is 5.78 Å². The number of carbonyl (C=O) groups is 1. The van der Waals surface area contributed by atoms with Crippen molar-refractivity contribution in [3.05, 3.63) is 53.1 Å². The lowest BCUT2D eigenvalue weighted by Gasteiger charge is -2.10. The van der Waals surface area contributed by atoms with E-state index in [0.717, 1.165) is 11.3 Å². The third-order valence-corrected chi connectivity index (χ3v) is 3.23. The smallest absolute Gasteiger partial charge is 0.193 e. The van der Waals surface area contributed by atoms with E-state index in [9.17, 15) is 4.79 Å². The summed E-state index contributed by atoms with van der Waals surface area (Å²) in [4.78, 5) is 12.5. The van der Waals surface area contributed by atoms with Gasteiger partial charge in [0.2, 0.25) is 0 Å². The van der Waals surface area contributed by atoms with Gasteiger partial charge in [0, 0.05) is 11.1 Å². The van der Waals surface area contributed by atoms with Crippen LogP contribution in [0.3, 0.4) is 0 Å². The maximum Gasteiger partial charge on any atom is 0.193 e. The fourth-order valence-electron chi connectivity index (χ4n) is 2.16. The van der Waals surface area contributed by atoms with Crippen molar-refractivity contribution in [2.75, 3.05) is 19.5 Å². The normalized spacial score (nSPS) is 10.2. The molecule has 0 aliphatic carbocycles. The molecule has 0 amide bonds. The quantitative estimate of drug-likeness (QED) is 0.677. The Kier molecular flexibility index (Phi) is 4.48. The van der Waals surface area contributed by atoms with Crippen LogP contribution in [0.25, 0.3) is 0 Å². The lowest BCUT2D eigenvalue weighted by Crippen LogP contribution is -2.04. The first-order chi connectivity index (χ1) is 10.1. The second-order valence-corrected chi connectivity index (χ2v) is 4.70. The molecule has 0 unspecified atom stereocenters. The average Bonchev–Trinajstić information content (AvgIpc) is 2.48. The van der Waals surface area contributed by atoms with Crippen molar-refractivity contribution in [1.82, 2.24) is 0 Å². The molecule has 4 heteroatoms. The van der Waals surface area contributed by atoms with Crippen LogP contribution in [0.4, 0.5) is 5.69 Å². The largest absolute Gasteiger partial charge is 0.496 e. The molecule has 0 aliphatic heterocycles. The monoisotopic (exact) mass is 285 g/mol. The Morgan fingerprint density at radius 3 is 2.24 bits per heavy atom. The molecule has 0 aromatic heterocycles. The highest BCUT2D eigenvalue weighted by Crippen LogP contribution is 2.25. The van der Waals surface area contributed by atoms with E-state index in [1.54, 1.807) is 37.4 Å². The fraction of sp³-hybridized carbons (Fsp3) is 0.235. The first-order valence-electron chi connectivity index (χ1n) is 6.78. The molecular weight excluding hydrogens is 266 g/mol. The summed E-state index contributed by atoms with van der Waals surface area (Å²) in [6.07, 6.45) is 0. The van der Waals surface area contributed by atoms with Gasteiger partial charge in [-0.1, -0.05) is 0 Å². The first-order valence-corrected chi connectivity index (χ1v) is 6.78. The third kappa shape index (κ3) is 3.16. The Labute approximate surface area is 124 Å². The van der Waals surface area contributed by atoms with Crippen LogP contribution in [0.2, 0.25) is 0 Å². The van der Waals surface area contributed by atoms with Gasteiger partial charge in [0.25, 0.3) is 0 Å². The third-order valence-electron chi connectivity index (χ3n) is 3.23. The molecular formula is C17H19NO3. The van der Waals surface area contributed by atoms with Gasteiger partial charge in [-0.25, -0.2) is 0 Å². The van der Waals surface area contributed by atoms with Crippen LogP contribution in [0, 0.1) is 6.92 Å². The van der Waals surface area contributed by atoms with E-state index in [1.165, 1.54) is 0 Å².